The van der Waals surface area contributed by atoms with E-state index < -0.39 is 0 Å². The van der Waals surface area contributed by atoms with Gasteiger partial charge in [0, 0.05) is 6.08 Å². The molecule has 5 nitrogen and oxygen atoms in total. The molecule has 0 aliphatic carbocycles. The SMILES string of the molecule is COc1cc(/C=C/C(=O)NCc2ccco2)cc(Cl)c1OC. The zero-order chi connectivity index (χ0) is 15.9. The van der Waals surface area contributed by atoms with Crippen LogP contribution in [0.4, 0.5) is 0 Å². The van der Waals surface area contributed by atoms with E-state index in [4.69, 9.17) is 25.5 Å². The van der Waals surface area contributed by atoms with Crippen LogP contribution in [0.2, 0.25) is 5.02 Å². The first kappa shape index (κ1) is 16.0. The maximum atomic E-state index is 11.7. The molecule has 6 heteroatoms. The Morgan fingerprint density at radius 3 is 2.82 bits per heavy atom. The third kappa shape index (κ3) is 4.05. The van der Waals surface area contributed by atoms with Gasteiger partial charge in [0.1, 0.15) is 5.76 Å². The van der Waals surface area contributed by atoms with E-state index in [2.05, 4.69) is 5.32 Å². The van der Waals surface area contributed by atoms with Crippen molar-refractivity contribution in [1.82, 2.24) is 5.32 Å². The summed E-state index contributed by atoms with van der Waals surface area (Å²) in [5.74, 6) is 1.42. The molecule has 0 radical (unpaired) electrons. The molecule has 1 heterocycles. The number of hydrogen-bond donors (Lipinski definition) is 1. The molecule has 0 unspecified atom stereocenters. The van der Waals surface area contributed by atoms with Crippen molar-refractivity contribution in [3.63, 3.8) is 0 Å². The molecular weight excluding hydrogens is 306 g/mol. The van der Waals surface area contributed by atoms with Gasteiger partial charge in [-0.05, 0) is 35.9 Å². The molecule has 0 bridgehead atoms. The first-order chi connectivity index (χ1) is 10.6. The first-order valence-corrected chi connectivity index (χ1v) is 6.91. The number of methoxy groups -OCH3 is 2. The highest BCUT2D eigenvalue weighted by Gasteiger charge is 2.09. The van der Waals surface area contributed by atoms with Crippen molar-refractivity contribution < 1.29 is 18.7 Å². The van der Waals surface area contributed by atoms with Gasteiger partial charge in [-0.2, -0.15) is 0 Å². The van der Waals surface area contributed by atoms with Gasteiger partial charge in [0.2, 0.25) is 5.91 Å². The Bertz CT molecular complexity index is 665. The molecule has 2 rings (SSSR count). The Labute approximate surface area is 133 Å². The van der Waals surface area contributed by atoms with Crippen LogP contribution in [0.3, 0.4) is 0 Å². The van der Waals surface area contributed by atoms with Crippen molar-refractivity contribution in [2.75, 3.05) is 14.2 Å². The van der Waals surface area contributed by atoms with Crippen LogP contribution in [0.15, 0.2) is 41.0 Å². The standard InChI is InChI=1S/C16H16ClNO4/c1-20-14-9-11(8-13(17)16(14)21-2)5-6-15(19)18-10-12-4-3-7-22-12/h3-9H,10H2,1-2H3,(H,18,19)/b6-5+. The lowest BCUT2D eigenvalue weighted by atomic mass is 10.2. The second-order valence-electron chi connectivity index (χ2n) is 4.37. The monoisotopic (exact) mass is 321 g/mol. The van der Waals surface area contributed by atoms with E-state index in [1.165, 1.54) is 20.3 Å². The lowest BCUT2D eigenvalue weighted by Gasteiger charge is -2.10. The molecule has 0 saturated heterocycles. The van der Waals surface area contributed by atoms with Crippen LogP contribution in [0.1, 0.15) is 11.3 Å². The summed E-state index contributed by atoms with van der Waals surface area (Å²) in [6.45, 7) is 0.336. The Kier molecular flexibility index (Phi) is 5.49. The Morgan fingerprint density at radius 2 is 2.18 bits per heavy atom. The number of carbonyl (C=O) groups excluding carboxylic acids is 1. The Balaban J connectivity index is 2.03. The summed E-state index contributed by atoms with van der Waals surface area (Å²) in [4.78, 5) is 11.7. The average Bonchev–Trinajstić information content (AvgIpc) is 3.03. The van der Waals surface area contributed by atoms with Crippen LogP contribution < -0.4 is 14.8 Å². The molecule has 1 amide bonds. The number of hydrogen-bond acceptors (Lipinski definition) is 4. The quantitative estimate of drug-likeness (QED) is 0.829. The highest BCUT2D eigenvalue weighted by atomic mass is 35.5. The maximum Gasteiger partial charge on any atom is 0.244 e. The number of nitrogens with one attached hydrogen (secondary N) is 1. The molecule has 1 N–H and O–H groups in total. The molecular formula is C16H16ClNO4. The fourth-order valence-corrected chi connectivity index (χ4v) is 2.15. The highest BCUT2D eigenvalue weighted by Crippen LogP contribution is 2.36. The largest absolute Gasteiger partial charge is 0.493 e. The van der Waals surface area contributed by atoms with Crippen molar-refractivity contribution in [1.29, 1.82) is 0 Å². The molecule has 0 fully saturated rings. The van der Waals surface area contributed by atoms with Crippen molar-refractivity contribution >= 4 is 23.6 Å². The van der Waals surface area contributed by atoms with Crippen molar-refractivity contribution in [2.24, 2.45) is 0 Å². The van der Waals surface area contributed by atoms with E-state index in [0.717, 1.165) is 5.56 Å². The number of halogens is 1. The second-order valence-corrected chi connectivity index (χ2v) is 4.78. The van der Waals surface area contributed by atoms with E-state index >= 15 is 0 Å². The summed E-state index contributed by atoms with van der Waals surface area (Å²) in [5.41, 5.74) is 0.732. The summed E-state index contributed by atoms with van der Waals surface area (Å²) in [6, 6.07) is 6.99. The van der Waals surface area contributed by atoms with Gasteiger partial charge in [-0.3, -0.25) is 4.79 Å². The van der Waals surface area contributed by atoms with Crippen LogP contribution in [0.25, 0.3) is 6.08 Å². The molecule has 0 aliphatic rings. The van der Waals surface area contributed by atoms with Crippen LogP contribution >= 0.6 is 11.6 Å². The molecule has 0 saturated carbocycles. The van der Waals surface area contributed by atoms with Gasteiger partial charge in [0.05, 0.1) is 32.1 Å². The van der Waals surface area contributed by atoms with Crippen molar-refractivity contribution in [3.8, 4) is 11.5 Å². The van der Waals surface area contributed by atoms with Gasteiger partial charge >= 0.3 is 0 Å². The van der Waals surface area contributed by atoms with Crippen LogP contribution in [-0.2, 0) is 11.3 Å². The van der Waals surface area contributed by atoms with Crippen LogP contribution in [0, 0.1) is 0 Å². The first-order valence-electron chi connectivity index (χ1n) is 6.54. The minimum absolute atomic E-state index is 0.234. The summed E-state index contributed by atoms with van der Waals surface area (Å²) in [7, 11) is 3.04. The second kappa shape index (κ2) is 7.56. The van der Waals surface area contributed by atoms with Crippen LogP contribution in [-0.4, -0.2) is 20.1 Å². The van der Waals surface area contributed by atoms with Crippen molar-refractivity contribution in [3.05, 3.63) is 53.0 Å². The topological polar surface area (TPSA) is 60.7 Å². The van der Waals surface area contributed by atoms with E-state index in [1.54, 1.807) is 36.6 Å². The number of amides is 1. The molecule has 0 atom stereocenters. The molecule has 0 aliphatic heterocycles. The summed E-state index contributed by atoms with van der Waals surface area (Å²) >= 11 is 6.11. The third-order valence-electron chi connectivity index (χ3n) is 2.90. The van der Waals surface area contributed by atoms with Gasteiger partial charge in [-0.15, -0.1) is 0 Å². The number of carbonyl (C=O) groups is 1. The zero-order valence-corrected chi connectivity index (χ0v) is 13.0. The molecule has 1 aromatic carbocycles. The van der Waals surface area contributed by atoms with E-state index in [0.29, 0.717) is 28.8 Å². The lowest BCUT2D eigenvalue weighted by molar-refractivity contribution is -0.116. The lowest BCUT2D eigenvalue weighted by Crippen LogP contribution is -2.19. The number of furan rings is 1. The van der Waals surface area contributed by atoms with Crippen molar-refractivity contribution in [2.45, 2.75) is 6.54 Å². The zero-order valence-electron chi connectivity index (χ0n) is 12.3. The predicted octanol–water partition coefficient (Wildman–Crippen LogP) is 3.28. The predicted molar refractivity (Wildman–Crippen MR) is 84.1 cm³/mol. The van der Waals surface area contributed by atoms with E-state index in [9.17, 15) is 4.79 Å². The summed E-state index contributed by atoms with van der Waals surface area (Å²) in [6.07, 6.45) is 4.62. The number of rotatable bonds is 6. The maximum absolute atomic E-state index is 11.7. The molecule has 1 aromatic heterocycles. The fraction of sp³-hybridized carbons (Fsp3) is 0.188. The smallest absolute Gasteiger partial charge is 0.244 e. The van der Waals surface area contributed by atoms with E-state index in [-0.39, 0.29) is 5.91 Å². The van der Waals surface area contributed by atoms with Gasteiger partial charge in [0.15, 0.2) is 11.5 Å². The fourth-order valence-electron chi connectivity index (χ4n) is 1.85. The van der Waals surface area contributed by atoms with Crippen LogP contribution in [0.5, 0.6) is 11.5 Å². The minimum atomic E-state index is -0.234. The van der Waals surface area contributed by atoms with Gasteiger partial charge in [0.25, 0.3) is 0 Å². The molecule has 2 aromatic rings. The van der Waals surface area contributed by atoms with Gasteiger partial charge in [-0.25, -0.2) is 0 Å². The highest BCUT2D eigenvalue weighted by molar-refractivity contribution is 6.32. The summed E-state index contributed by atoms with van der Waals surface area (Å²) in [5, 5.41) is 3.13. The van der Waals surface area contributed by atoms with Gasteiger partial charge in [-0.1, -0.05) is 11.6 Å². The number of ether oxygens (including phenoxy) is 2. The molecule has 116 valence electrons. The molecule has 22 heavy (non-hydrogen) atoms. The minimum Gasteiger partial charge on any atom is -0.493 e. The van der Waals surface area contributed by atoms with Gasteiger partial charge < -0.3 is 19.2 Å². The summed E-state index contributed by atoms with van der Waals surface area (Å²) < 4.78 is 15.5. The normalized spacial score (nSPS) is 10.7. The van der Waals surface area contributed by atoms with E-state index in [1.807, 2.05) is 0 Å². The average molecular weight is 322 g/mol. The Hall–Kier alpha value is -2.40. The third-order valence-corrected chi connectivity index (χ3v) is 3.18. The molecule has 0 spiro atoms. The Morgan fingerprint density at radius 1 is 1.36 bits per heavy atom. The number of benzene rings is 1.